The van der Waals surface area contributed by atoms with E-state index in [1.807, 2.05) is 0 Å². The molecule has 0 spiro atoms. The molecule has 0 radical (unpaired) electrons. The Balaban J connectivity index is 1.50. The van der Waals surface area contributed by atoms with Crippen LogP contribution < -0.4 is 15.8 Å². The Labute approximate surface area is 191 Å². The van der Waals surface area contributed by atoms with Crippen molar-refractivity contribution in [1.29, 1.82) is 0 Å². The van der Waals surface area contributed by atoms with Gasteiger partial charge < -0.3 is 25.0 Å². The number of alkyl halides is 2. The summed E-state index contributed by atoms with van der Waals surface area (Å²) in [5.74, 6) is -0.881. The number of oxazole rings is 1. The van der Waals surface area contributed by atoms with Gasteiger partial charge in [-0.15, -0.1) is 0 Å². The van der Waals surface area contributed by atoms with E-state index in [1.165, 1.54) is 29.2 Å². The molecular formula is C21H20F2N6O5. The predicted octanol–water partition coefficient (Wildman–Crippen LogP) is 3.51. The van der Waals surface area contributed by atoms with Crippen molar-refractivity contribution >= 4 is 24.0 Å². The Morgan fingerprint density at radius 3 is 2.74 bits per heavy atom. The number of ether oxygens (including phenoxy) is 1. The van der Waals surface area contributed by atoms with Crippen LogP contribution in [0, 0.1) is 5.92 Å². The van der Waals surface area contributed by atoms with Crippen molar-refractivity contribution in [2.75, 3.05) is 5.32 Å². The zero-order valence-electron chi connectivity index (χ0n) is 17.7. The Morgan fingerprint density at radius 1 is 1.29 bits per heavy atom. The molecule has 3 aromatic heterocycles. The number of aldehydes is 1. The number of anilines is 1. The summed E-state index contributed by atoms with van der Waals surface area (Å²) in [7, 11) is 0. The molecule has 0 bridgehead atoms. The minimum atomic E-state index is -2.91. The molecule has 0 saturated heterocycles. The number of hydrogen-bond donors (Lipinski definition) is 2. The predicted molar refractivity (Wildman–Crippen MR) is 112 cm³/mol. The summed E-state index contributed by atoms with van der Waals surface area (Å²) in [6.07, 6.45) is 3.27. The van der Waals surface area contributed by atoms with E-state index in [9.17, 15) is 23.2 Å². The first kappa shape index (κ1) is 23.0. The second-order valence-corrected chi connectivity index (χ2v) is 7.71. The average molecular weight is 474 g/mol. The van der Waals surface area contributed by atoms with Gasteiger partial charge in [-0.05, 0) is 31.7 Å². The number of rotatable bonds is 7. The number of primary amides is 1. The number of carbonyl (C=O) groups excluding carboxylic acids is 3. The van der Waals surface area contributed by atoms with Crippen LogP contribution in [0.25, 0.3) is 11.5 Å². The van der Waals surface area contributed by atoms with Crippen LogP contribution in [0.15, 0.2) is 35.2 Å². The van der Waals surface area contributed by atoms with Crippen molar-refractivity contribution in [2.24, 2.45) is 11.7 Å². The molecule has 1 saturated carbocycles. The van der Waals surface area contributed by atoms with E-state index in [0.29, 0.717) is 31.2 Å². The van der Waals surface area contributed by atoms with Gasteiger partial charge in [0.2, 0.25) is 11.8 Å². The molecule has 1 aliphatic carbocycles. The summed E-state index contributed by atoms with van der Waals surface area (Å²) in [6.45, 7) is 0. The second-order valence-electron chi connectivity index (χ2n) is 7.71. The summed E-state index contributed by atoms with van der Waals surface area (Å²) in [5, 5.41) is 6.39. The summed E-state index contributed by atoms with van der Waals surface area (Å²) >= 11 is 0. The smallest absolute Gasteiger partial charge is 0.411 e. The molecule has 3 aromatic rings. The first-order valence-corrected chi connectivity index (χ1v) is 10.4. The lowest BCUT2D eigenvalue weighted by Gasteiger charge is -2.25. The van der Waals surface area contributed by atoms with Crippen molar-refractivity contribution in [1.82, 2.24) is 19.7 Å². The van der Waals surface area contributed by atoms with Gasteiger partial charge in [0.05, 0.1) is 11.7 Å². The monoisotopic (exact) mass is 474 g/mol. The standard InChI is InChI=1S/C21H20F2N6O5/c22-18(23)17-14(8-29(28-17)13-3-1-11(9-30)2-4-13)26-19(31)15-10-33-20(27-15)12-5-6-25-16(7-12)34-21(24)32/h5-11,13,18H,1-4H2,(H2,24,32)(H,26,31). The number of aromatic nitrogens is 4. The van der Waals surface area contributed by atoms with E-state index >= 15 is 0 Å². The van der Waals surface area contributed by atoms with Crippen molar-refractivity contribution in [3.8, 4) is 17.3 Å². The maximum atomic E-state index is 13.6. The van der Waals surface area contributed by atoms with Crippen LogP contribution in [-0.2, 0) is 4.79 Å². The van der Waals surface area contributed by atoms with E-state index in [2.05, 4.69) is 20.4 Å². The maximum absolute atomic E-state index is 13.6. The fourth-order valence-electron chi connectivity index (χ4n) is 3.75. The molecule has 3 heterocycles. The van der Waals surface area contributed by atoms with E-state index in [-0.39, 0.29) is 35.1 Å². The highest BCUT2D eigenvalue weighted by atomic mass is 19.3. The van der Waals surface area contributed by atoms with E-state index in [0.717, 1.165) is 12.5 Å². The molecule has 4 rings (SSSR count). The molecular weight excluding hydrogens is 454 g/mol. The van der Waals surface area contributed by atoms with E-state index in [1.54, 1.807) is 0 Å². The van der Waals surface area contributed by atoms with Gasteiger partial charge in [0.25, 0.3) is 12.3 Å². The largest absolute Gasteiger partial charge is 0.444 e. The number of amides is 2. The van der Waals surface area contributed by atoms with Gasteiger partial charge in [-0.1, -0.05) is 0 Å². The van der Waals surface area contributed by atoms with Crippen LogP contribution >= 0.6 is 0 Å². The summed E-state index contributed by atoms with van der Waals surface area (Å²) in [6, 6.07) is 2.69. The number of hydrogen-bond acceptors (Lipinski definition) is 8. The van der Waals surface area contributed by atoms with Gasteiger partial charge in [0.1, 0.15) is 12.5 Å². The Morgan fingerprint density at radius 2 is 2.06 bits per heavy atom. The number of halogens is 2. The minimum absolute atomic E-state index is 0.0126. The third kappa shape index (κ3) is 5.08. The molecule has 34 heavy (non-hydrogen) atoms. The SMILES string of the molecule is NC(=O)Oc1cc(-c2nc(C(=O)Nc3cn(C4CCC(C=O)CC4)nc3C(F)F)co2)ccn1. The second kappa shape index (κ2) is 9.77. The Kier molecular flexibility index (Phi) is 6.61. The molecule has 178 valence electrons. The van der Waals surface area contributed by atoms with Gasteiger partial charge in [-0.3, -0.25) is 9.48 Å². The zero-order chi connectivity index (χ0) is 24.2. The molecule has 13 heteroatoms. The van der Waals surface area contributed by atoms with E-state index < -0.39 is 24.1 Å². The van der Waals surface area contributed by atoms with E-state index in [4.69, 9.17) is 14.9 Å². The summed E-state index contributed by atoms with van der Waals surface area (Å²) in [4.78, 5) is 42.4. The number of nitrogens with two attached hydrogens (primary N) is 1. The van der Waals surface area contributed by atoms with Crippen LogP contribution in [0.5, 0.6) is 5.88 Å². The number of nitrogens with zero attached hydrogens (tertiary/aromatic N) is 4. The van der Waals surface area contributed by atoms with Gasteiger partial charge >= 0.3 is 6.09 Å². The minimum Gasteiger partial charge on any atom is -0.444 e. The van der Waals surface area contributed by atoms with Crippen LogP contribution in [0.2, 0.25) is 0 Å². The van der Waals surface area contributed by atoms with Crippen molar-refractivity contribution in [3.63, 3.8) is 0 Å². The normalized spacial score (nSPS) is 18.0. The molecule has 0 aliphatic heterocycles. The quantitative estimate of drug-likeness (QED) is 0.493. The van der Waals surface area contributed by atoms with Gasteiger partial charge in [0.15, 0.2) is 11.4 Å². The lowest BCUT2D eigenvalue weighted by Crippen LogP contribution is -2.19. The third-order valence-electron chi connectivity index (χ3n) is 5.45. The van der Waals surface area contributed by atoms with Crippen molar-refractivity contribution < 1.29 is 32.3 Å². The molecule has 3 N–H and O–H groups in total. The topological polar surface area (TPSA) is 155 Å². The Hall–Kier alpha value is -4.16. The maximum Gasteiger partial charge on any atom is 0.411 e. The average Bonchev–Trinajstić information content (AvgIpc) is 3.47. The molecule has 0 unspecified atom stereocenters. The van der Waals surface area contributed by atoms with Crippen LogP contribution in [0.3, 0.4) is 0 Å². The summed E-state index contributed by atoms with van der Waals surface area (Å²) < 4.78 is 38.6. The highest BCUT2D eigenvalue weighted by molar-refractivity contribution is 6.03. The first-order chi connectivity index (χ1) is 16.3. The summed E-state index contributed by atoms with van der Waals surface area (Å²) in [5.41, 5.74) is 4.45. The fraction of sp³-hybridized carbons (Fsp3) is 0.333. The number of pyridine rings is 1. The Bertz CT molecular complexity index is 1200. The lowest BCUT2D eigenvalue weighted by atomic mass is 9.87. The van der Waals surface area contributed by atoms with Gasteiger partial charge in [0, 0.05) is 29.9 Å². The molecule has 1 fully saturated rings. The molecule has 0 atom stereocenters. The third-order valence-corrected chi connectivity index (χ3v) is 5.45. The molecule has 2 amide bonds. The number of nitrogens with one attached hydrogen (secondary N) is 1. The first-order valence-electron chi connectivity index (χ1n) is 10.4. The fourth-order valence-corrected chi connectivity index (χ4v) is 3.75. The van der Waals surface area contributed by atoms with Gasteiger partial charge in [-0.2, -0.15) is 5.10 Å². The molecule has 1 aliphatic rings. The van der Waals surface area contributed by atoms with Crippen LogP contribution in [0.1, 0.15) is 54.3 Å². The zero-order valence-corrected chi connectivity index (χ0v) is 17.7. The van der Waals surface area contributed by atoms with Gasteiger partial charge in [-0.25, -0.2) is 23.5 Å². The number of carbonyl (C=O) groups is 3. The highest BCUT2D eigenvalue weighted by Gasteiger charge is 2.27. The molecule has 0 aromatic carbocycles. The van der Waals surface area contributed by atoms with Crippen LogP contribution in [0.4, 0.5) is 19.3 Å². The van der Waals surface area contributed by atoms with Crippen molar-refractivity contribution in [3.05, 3.63) is 42.2 Å². The van der Waals surface area contributed by atoms with Crippen molar-refractivity contribution in [2.45, 2.75) is 38.2 Å². The lowest BCUT2D eigenvalue weighted by molar-refractivity contribution is -0.112. The highest BCUT2D eigenvalue weighted by Crippen LogP contribution is 2.34. The van der Waals surface area contributed by atoms with Crippen LogP contribution in [-0.4, -0.2) is 38.0 Å². The molecule has 11 nitrogen and oxygen atoms in total.